The van der Waals surface area contributed by atoms with Gasteiger partial charge in [-0.1, -0.05) is 18.2 Å². The minimum atomic E-state index is 0.492. The first-order valence-electron chi connectivity index (χ1n) is 6.57. The van der Waals surface area contributed by atoms with Crippen LogP contribution in [0.1, 0.15) is 31.2 Å². The standard InChI is InChI=1S/C15H20N2/c1-16-15(9-10-15)8-4-5-12-11-17-14-7-3-2-6-13(12)14/h2-3,6-7,11,16-17H,4-5,8-10H2,1H3. The highest BCUT2D eigenvalue weighted by Gasteiger charge is 2.39. The maximum absolute atomic E-state index is 3.46. The first kappa shape index (κ1) is 10.8. The third kappa shape index (κ3) is 2.09. The number of nitrogens with one attached hydrogen (secondary N) is 2. The lowest BCUT2D eigenvalue weighted by molar-refractivity contribution is 0.491. The summed E-state index contributed by atoms with van der Waals surface area (Å²) >= 11 is 0. The number of hydrogen-bond acceptors (Lipinski definition) is 1. The average molecular weight is 228 g/mol. The van der Waals surface area contributed by atoms with Crippen molar-refractivity contribution in [1.82, 2.24) is 10.3 Å². The summed E-state index contributed by atoms with van der Waals surface area (Å²) in [5.41, 5.74) is 3.22. The van der Waals surface area contributed by atoms with Crippen LogP contribution in [0.3, 0.4) is 0 Å². The molecule has 0 unspecified atom stereocenters. The number of rotatable bonds is 5. The Hall–Kier alpha value is -1.28. The molecule has 1 fully saturated rings. The SMILES string of the molecule is CNC1(CCCc2c[nH]c3ccccc23)CC1. The molecule has 90 valence electrons. The van der Waals surface area contributed by atoms with Gasteiger partial charge in [-0.15, -0.1) is 0 Å². The van der Waals surface area contributed by atoms with E-state index >= 15 is 0 Å². The van der Waals surface area contributed by atoms with E-state index in [-0.39, 0.29) is 0 Å². The summed E-state index contributed by atoms with van der Waals surface area (Å²) in [5.74, 6) is 0. The van der Waals surface area contributed by atoms with Crippen molar-refractivity contribution in [2.24, 2.45) is 0 Å². The van der Waals surface area contributed by atoms with Gasteiger partial charge in [-0.05, 0) is 50.8 Å². The third-order valence-corrected chi connectivity index (χ3v) is 4.16. The molecule has 1 aliphatic carbocycles. The summed E-state index contributed by atoms with van der Waals surface area (Å²) in [6, 6.07) is 8.57. The Morgan fingerprint density at radius 3 is 2.88 bits per heavy atom. The predicted octanol–water partition coefficient (Wildman–Crippen LogP) is 3.24. The second kappa shape index (κ2) is 4.19. The van der Waals surface area contributed by atoms with Crippen molar-refractivity contribution in [3.63, 3.8) is 0 Å². The van der Waals surface area contributed by atoms with Crippen molar-refractivity contribution in [1.29, 1.82) is 0 Å². The van der Waals surface area contributed by atoms with Crippen LogP contribution in [-0.4, -0.2) is 17.6 Å². The lowest BCUT2D eigenvalue weighted by Gasteiger charge is -2.12. The van der Waals surface area contributed by atoms with Gasteiger partial charge in [0.2, 0.25) is 0 Å². The minimum Gasteiger partial charge on any atom is -0.361 e. The smallest absolute Gasteiger partial charge is 0.0456 e. The van der Waals surface area contributed by atoms with Gasteiger partial charge >= 0.3 is 0 Å². The minimum absolute atomic E-state index is 0.492. The molecular weight excluding hydrogens is 208 g/mol. The molecule has 1 aliphatic rings. The molecule has 0 aliphatic heterocycles. The lowest BCUT2D eigenvalue weighted by atomic mass is 10.0. The summed E-state index contributed by atoms with van der Waals surface area (Å²) in [6.07, 6.45) is 8.66. The van der Waals surface area contributed by atoms with Crippen LogP contribution in [0.4, 0.5) is 0 Å². The maximum Gasteiger partial charge on any atom is 0.0456 e. The number of aryl methyl sites for hydroxylation is 1. The largest absolute Gasteiger partial charge is 0.361 e. The molecule has 0 spiro atoms. The Morgan fingerprint density at radius 1 is 1.29 bits per heavy atom. The Morgan fingerprint density at radius 2 is 2.12 bits per heavy atom. The molecule has 0 bridgehead atoms. The molecule has 3 rings (SSSR count). The van der Waals surface area contributed by atoms with Crippen molar-refractivity contribution in [2.75, 3.05) is 7.05 Å². The molecule has 17 heavy (non-hydrogen) atoms. The summed E-state index contributed by atoms with van der Waals surface area (Å²) in [7, 11) is 2.10. The molecule has 0 radical (unpaired) electrons. The summed E-state index contributed by atoms with van der Waals surface area (Å²) in [4.78, 5) is 3.35. The van der Waals surface area contributed by atoms with Crippen LogP contribution < -0.4 is 5.32 Å². The molecule has 2 aromatic rings. The van der Waals surface area contributed by atoms with Crippen LogP contribution in [-0.2, 0) is 6.42 Å². The third-order valence-electron chi connectivity index (χ3n) is 4.16. The van der Waals surface area contributed by atoms with E-state index in [2.05, 4.69) is 47.8 Å². The Balaban J connectivity index is 1.65. The first-order chi connectivity index (χ1) is 8.33. The van der Waals surface area contributed by atoms with Gasteiger partial charge in [-0.2, -0.15) is 0 Å². The van der Waals surface area contributed by atoms with Crippen molar-refractivity contribution in [3.8, 4) is 0 Å². The molecule has 2 N–H and O–H groups in total. The van der Waals surface area contributed by atoms with Crippen LogP contribution >= 0.6 is 0 Å². The average Bonchev–Trinajstić information content (AvgIpc) is 3.04. The summed E-state index contributed by atoms with van der Waals surface area (Å²) in [5, 5.41) is 4.85. The summed E-state index contributed by atoms with van der Waals surface area (Å²) in [6.45, 7) is 0. The fourth-order valence-corrected chi connectivity index (χ4v) is 2.73. The van der Waals surface area contributed by atoms with E-state index in [0.29, 0.717) is 5.54 Å². The van der Waals surface area contributed by atoms with Crippen LogP contribution in [0, 0.1) is 0 Å². The number of fused-ring (bicyclic) bond motifs is 1. The van der Waals surface area contributed by atoms with Crippen LogP contribution in [0.25, 0.3) is 10.9 Å². The number of para-hydroxylation sites is 1. The molecule has 1 heterocycles. The van der Waals surface area contributed by atoms with Gasteiger partial charge < -0.3 is 10.3 Å². The van der Waals surface area contributed by atoms with Crippen LogP contribution in [0.15, 0.2) is 30.5 Å². The Labute approximate surface area is 102 Å². The molecule has 0 atom stereocenters. The Bertz CT molecular complexity index is 508. The molecule has 1 saturated carbocycles. The zero-order valence-electron chi connectivity index (χ0n) is 10.4. The number of aromatic amines is 1. The highest BCUT2D eigenvalue weighted by atomic mass is 15.0. The molecule has 1 aromatic carbocycles. The molecule has 1 aromatic heterocycles. The molecule has 0 saturated heterocycles. The number of hydrogen-bond donors (Lipinski definition) is 2. The highest BCUT2D eigenvalue weighted by Crippen LogP contribution is 2.39. The van der Waals surface area contributed by atoms with Crippen molar-refractivity contribution in [2.45, 2.75) is 37.6 Å². The van der Waals surface area contributed by atoms with Gasteiger partial charge in [0.15, 0.2) is 0 Å². The van der Waals surface area contributed by atoms with Gasteiger partial charge in [-0.3, -0.25) is 0 Å². The normalized spacial score (nSPS) is 17.5. The van der Waals surface area contributed by atoms with Crippen molar-refractivity contribution >= 4 is 10.9 Å². The van der Waals surface area contributed by atoms with Gasteiger partial charge in [-0.25, -0.2) is 0 Å². The fourth-order valence-electron chi connectivity index (χ4n) is 2.73. The van der Waals surface area contributed by atoms with E-state index in [0.717, 1.165) is 0 Å². The zero-order valence-corrected chi connectivity index (χ0v) is 10.4. The van der Waals surface area contributed by atoms with Crippen LogP contribution in [0.5, 0.6) is 0 Å². The van der Waals surface area contributed by atoms with E-state index in [4.69, 9.17) is 0 Å². The molecule has 0 amide bonds. The van der Waals surface area contributed by atoms with Gasteiger partial charge in [0.05, 0.1) is 0 Å². The predicted molar refractivity (Wildman–Crippen MR) is 72.3 cm³/mol. The van der Waals surface area contributed by atoms with E-state index in [1.807, 2.05) is 0 Å². The monoisotopic (exact) mass is 228 g/mol. The zero-order chi connectivity index (χ0) is 11.7. The van der Waals surface area contributed by atoms with Gasteiger partial charge in [0, 0.05) is 22.6 Å². The highest BCUT2D eigenvalue weighted by molar-refractivity contribution is 5.82. The van der Waals surface area contributed by atoms with E-state index in [9.17, 15) is 0 Å². The van der Waals surface area contributed by atoms with Crippen molar-refractivity contribution in [3.05, 3.63) is 36.0 Å². The Kier molecular flexibility index (Phi) is 2.67. The quantitative estimate of drug-likeness (QED) is 0.808. The van der Waals surface area contributed by atoms with Gasteiger partial charge in [0.1, 0.15) is 0 Å². The molecule has 2 nitrogen and oxygen atoms in total. The maximum atomic E-state index is 3.46. The second-order valence-electron chi connectivity index (χ2n) is 5.24. The topological polar surface area (TPSA) is 27.8 Å². The molecular formula is C15H20N2. The lowest BCUT2D eigenvalue weighted by Crippen LogP contribution is -2.26. The van der Waals surface area contributed by atoms with E-state index in [1.54, 1.807) is 0 Å². The number of benzene rings is 1. The molecule has 2 heteroatoms. The van der Waals surface area contributed by atoms with Crippen molar-refractivity contribution < 1.29 is 0 Å². The van der Waals surface area contributed by atoms with E-state index in [1.165, 1.54) is 48.6 Å². The van der Waals surface area contributed by atoms with Crippen LogP contribution in [0.2, 0.25) is 0 Å². The summed E-state index contributed by atoms with van der Waals surface area (Å²) < 4.78 is 0. The number of aromatic nitrogens is 1. The fraction of sp³-hybridized carbons (Fsp3) is 0.467. The second-order valence-corrected chi connectivity index (χ2v) is 5.24. The first-order valence-corrected chi connectivity index (χ1v) is 6.57. The number of H-pyrrole nitrogens is 1. The van der Waals surface area contributed by atoms with Gasteiger partial charge in [0.25, 0.3) is 0 Å². The van der Waals surface area contributed by atoms with E-state index < -0.39 is 0 Å².